The van der Waals surface area contributed by atoms with Crippen LogP contribution in [0.4, 0.5) is 5.69 Å². The molecular formula is C23H25N3O5S. The maximum Gasteiger partial charge on any atom is 0.243 e. The van der Waals surface area contributed by atoms with Crippen molar-refractivity contribution in [2.45, 2.75) is 25.2 Å². The van der Waals surface area contributed by atoms with Crippen molar-refractivity contribution >= 4 is 21.6 Å². The Morgan fingerprint density at radius 1 is 1.09 bits per heavy atom. The normalized spacial score (nSPS) is 14.9. The molecule has 1 fully saturated rings. The molecule has 0 bridgehead atoms. The molecule has 0 aliphatic carbocycles. The Labute approximate surface area is 187 Å². The van der Waals surface area contributed by atoms with Crippen molar-refractivity contribution in [1.29, 1.82) is 0 Å². The number of amides is 1. The minimum absolute atomic E-state index is 0.0155. The molecule has 1 aromatic heterocycles. The number of aromatic nitrogens is 1. The van der Waals surface area contributed by atoms with Gasteiger partial charge in [0.05, 0.1) is 30.2 Å². The second-order valence-electron chi connectivity index (χ2n) is 7.61. The van der Waals surface area contributed by atoms with Gasteiger partial charge in [-0.25, -0.2) is 13.4 Å². The molecule has 2 aromatic carbocycles. The highest BCUT2D eigenvalue weighted by molar-refractivity contribution is 7.89. The predicted octanol–water partition coefficient (Wildman–Crippen LogP) is 3.16. The zero-order valence-electron chi connectivity index (χ0n) is 18.0. The number of hydrogen-bond acceptors (Lipinski definition) is 6. The summed E-state index contributed by atoms with van der Waals surface area (Å²) in [6, 6.07) is 14.3. The number of sulfonamides is 1. The van der Waals surface area contributed by atoms with E-state index >= 15 is 0 Å². The molecule has 1 aliphatic rings. The standard InChI is InChI=1S/C23H25N3O5S/c1-16-8-9-19(14-21(16)32(28,29)26-10-12-30-13-11-26)24-22(27)15-20-17(2)31-23(25-20)18-6-4-3-5-7-18/h3-9,14H,10-13,15H2,1-2H3,(H,24,27). The third-order valence-electron chi connectivity index (χ3n) is 5.30. The molecule has 1 amide bonds. The van der Waals surface area contributed by atoms with Gasteiger partial charge in [-0.3, -0.25) is 4.79 Å². The maximum atomic E-state index is 13.1. The van der Waals surface area contributed by atoms with Crippen LogP contribution in [0.1, 0.15) is 17.0 Å². The van der Waals surface area contributed by atoms with Crippen molar-refractivity contribution in [2.75, 3.05) is 31.6 Å². The fourth-order valence-corrected chi connectivity index (χ4v) is 5.19. The van der Waals surface area contributed by atoms with Crippen LogP contribution < -0.4 is 5.32 Å². The number of morpholine rings is 1. The summed E-state index contributed by atoms with van der Waals surface area (Å²) in [6.07, 6.45) is 0.0155. The van der Waals surface area contributed by atoms with Gasteiger partial charge < -0.3 is 14.5 Å². The Morgan fingerprint density at radius 3 is 2.53 bits per heavy atom. The summed E-state index contributed by atoms with van der Waals surface area (Å²) >= 11 is 0. The second-order valence-corrected chi connectivity index (χ2v) is 9.52. The van der Waals surface area contributed by atoms with Crippen LogP contribution in [0.25, 0.3) is 11.5 Å². The molecule has 0 radical (unpaired) electrons. The van der Waals surface area contributed by atoms with Crippen LogP contribution in [0.3, 0.4) is 0 Å². The van der Waals surface area contributed by atoms with E-state index in [1.165, 1.54) is 10.4 Å². The number of nitrogens with one attached hydrogen (secondary N) is 1. The van der Waals surface area contributed by atoms with E-state index in [1.54, 1.807) is 26.0 Å². The van der Waals surface area contributed by atoms with E-state index in [4.69, 9.17) is 9.15 Å². The van der Waals surface area contributed by atoms with Gasteiger partial charge in [-0.2, -0.15) is 4.31 Å². The van der Waals surface area contributed by atoms with Crippen molar-refractivity contribution in [3.05, 3.63) is 65.5 Å². The third-order valence-corrected chi connectivity index (χ3v) is 7.34. The average Bonchev–Trinajstić information content (AvgIpc) is 3.16. The van der Waals surface area contributed by atoms with Gasteiger partial charge >= 0.3 is 0 Å². The van der Waals surface area contributed by atoms with E-state index < -0.39 is 10.0 Å². The van der Waals surface area contributed by atoms with Crippen LogP contribution in [0, 0.1) is 13.8 Å². The van der Waals surface area contributed by atoms with Crippen molar-refractivity contribution in [2.24, 2.45) is 0 Å². The van der Waals surface area contributed by atoms with Gasteiger partial charge in [-0.05, 0) is 43.7 Å². The monoisotopic (exact) mass is 455 g/mol. The Balaban J connectivity index is 1.50. The van der Waals surface area contributed by atoms with Crippen molar-refractivity contribution in [1.82, 2.24) is 9.29 Å². The average molecular weight is 456 g/mol. The molecule has 8 nitrogen and oxygen atoms in total. The Hall–Kier alpha value is -3.01. The predicted molar refractivity (Wildman–Crippen MR) is 120 cm³/mol. The minimum atomic E-state index is -3.67. The van der Waals surface area contributed by atoms with Crippen LogP contribution in [0.2, 0.25) is 0 Å². The lowest BCUT2D eigenvalue weighted by Gasteiger charge is -2.26. The van der Waals surface area contributed by atoms with Gasteiger partial charge in [0.25, 0.3) is 0 Å². The summed E-state index contributed by atoms with van der Waals surface area (Å²) in [6.45, 7) is 4.87. The van der Waals surface area contributed by atoms with Gasteiger partial charge in [0.1, 0.15) is 5.76 Å². The molecule has 168 valence electrons. The molecule has 0 saturated carbocycles. The zero-order valence-corrected chi connectivity index (χ0v) is 18.8. The molecule has 1 N–H and O–H groups in total. The van der Waals surface area contributed by atoms with E-state index in [2.05, 4.69) is 10.3 Å². The summed E-state index contributed by atoms with van der Waals surface area (Å²) in [5, 5.41) is 2.78. The van der Waals surface area contributed by atoms with Gasteiger partial charge in [0, 0.05) is 24.3 Å². The molecule has 32 heavy (non-hydrogen) atoms. The first-order valence-corrected chi connectivity index (χ1v) is 11.8. The molecule has 0 unspecified atom stereocenters. The first-order valence-electron chi connectivity index (χ1n) is 10.3. The van der Waals surface area contributed by atoms with Crippen molar-refractivity contribution in [3.8, 4) is 11.5 Å². The third kappa shape index (κ3) is 4.74. The summed E-state index contributed by atoms with van der Waals surface area (Å²) in [4.78, 5) is 17.3. The number of rotatable bonds is 6. The van der Waals surface area contributed by atoms with Crippen molar-refractivity contribution < 1.29 is 22.4 Å². The van der Waals surface area contributed by atoms with E-state index in [0.29, 0.717) is 54.9 Å². The number of anilines is 1. The molecule has 1 saturated heterocycles. The number of ether oxygens (including phenoxy) is 1. The molecule has 0 spiro atoms. The first-order chi connectivity index (χ1) is 15.3. The molecule has 9 heteroatoms. The molecule has 4 rings (SSSR count). The highest BCUT2D eigenvalue weighted by atomic mass is 32.2. The topological polar surface area (TPSA) is 102 Å². The Bertz CT molecular complexity index is 1220. The first kappa shape index (κ1) is 22.2. The number of carbonyl (C=O) groups is 1. The number of hydrogen-bond donors (Lipinski definition) is 1. The van der Waals surface area contributed by atoms with Gasteiger partial charge in [-0.15, -0.1) is 0 Å². The maximum absolute atomic E-state index is 13.1. The summed E-state index contributed by atoms with van der Waals surface area (Å²) in [5.41, 5.74) is 2.40. The van der Waals surface area contributed by atoms with Crippen molar-refractivity contribution in [3.63, 3.8) is 0 Å². The van der Waals surface area contributed by atoms with Gasteiger partial charge in [-0.1, -0.05) is 24.3 Å². The van der Waals surface area contributed by atoms with Gasteiger partial charge in [0.15, 0.2) is 0 Å². The number of nitrogens with zero attached hydrogens (tertiary/aromatic N) is 2. The number of benzene rings is 2. The zero-order chi connectivity index (χ0) is 22.7. The van der Waals surface area contributed by atoms with Gasteiger partial charge in [0.2, 0.25) is 21.8 Å². The number of oxazole rings is 1. The lowest BCUT2D eigenvalue weighted by atomic mass is 10.2. The Kier molecular flexibility index (Phi) is 6.40. The fraction of sp³-hybridized carbons (Fsp3) is 0.304. The molecule has 0 atom stereocenters. The summed E-state index contributed by atoms with van der Waals surface area (Å²) < 4.78 is 38.5. The van der Waals surface area contributed by atoms with E-state index in [-0.39, 0.29) is 17.2 Å². The SMILES string of the molecule is Cc1ccc(NC(=O)Cc2nc(-c3ccccc3)oc2C)cc1S(=O)(=O)N1CCOCC1. The smallest absolute Gasteiger partial charge is 0.243 e. The van der Waals surface area contributed by atoms with Crippen LogP contribution in [-0.4, -0.2) is 49.9 Å². The Morgan fingerprint density at radius 2 is 1.81 bits per heavy atom. The van der Waals surface area contributed by atoms with Crippen LogP contribution >= 0.6 is 0 Å². The summed E-state index contributed by atoms with van der Waals surface area (Å²) in [5.74, 6) is 0.721. The lowest BCUT2D eigenvalue weighted by Crippen LogP contribution is -2.40. The number of carbonyl (C=O) groups excluding carboxylic acids is 1. The summed E-state index contributed by atoms with van der Waals surface area (Å²) in [7, 11) is -3.67. The van der Waals surface area contributed by atoms with Crippen LogP contribution in [0.15, 0.2) is 57.8 Å². The number of aryl methyl sites for hydroxylation is 2. The quantitative estimate of drug-likeness (QED) is 0.613. The highest BCUT2D eigenvalue weighted by Gasteiger charge is 2.28. The van der Waals surface area contributed by atoms with Crippen LogP contribution in [0.5, 0.6) is 0 Å². The van der Waals surface area contributed by atoms with Crippen LogP contribution in [-0.2, 0) is 26.0 Å². The second kappa shape index (κ2) is 9.23. The highest BCUT2D eigenvalue weighted by Crippen LogP contribution is 2.25. The lowest BCUT2D eigenvalue weighted by molar-refractivity contribution is -0.115. The van der Waals surface area contributed by atoms with E-state index in [0.717, 1.165) is 5.56 Å². The fourth-order valence-electron chi connectivity index (χ4n) is 3.54. The molecule has 3 aromatic rings. The molecule has 1 aliphatic heterocycles. The molecule has 2 heterocycles. The van der Waals surface area contributed by atoms with E-state index in [1.807, 2.05) is 30.3 Å². The van der Waals surface area contributed by atoms with E-state index in [9.17, 15) is 13.2 Å². The molecular weight excluding hydrogens is 430 g/mol. The minimum Gasteiger partial charge on any atom is -0.441 e. The largest absolute Gasteiger partial charge is 0.441 e.